The van der Waals surface area contributed by atoms with Crippen molar-refractivity contribution >= 4 is 5.78 Å². The van der Waals surface area contributed by atoms with E-state index in [4.69, 9.17) is 0 Å². The zero-order chi connectivity index (χ0) is 13.3. The first kappa shape index (κ1) is 13.3. The van der Waals surface area contributed by atoms with Crippen LogP contribution in [0.4, 0.5) is 0 Å². The maximum Gasteiger partial charge on any atom is 0.184 e. The first-order valence-electron chi connectivity index (χ1n) is 7.10. The molecule has 0 unspecified atom stereocenters. The van der Waals surface area contributed by atoms with E-state index < -0.39 is 0 Å². The van der Waals surface area contributed by atoms with Crippen LogP contribution in [0, 0.1) is 17.3 Å². The molecule has 18 heavy (non-hydrogen) atoms. The van der Waals surface area contributed by atoms with E-state index in [0.29, 0.717) is 11.8 Å². The summed E-state index contributed by atoms with van der Waals surface area (Å²) < 4.78 is 0. The van der Waals surface area contributed by atoms with Crippen LogP contribution in [-0.2, 0) is 4.79 Å². The van der Waals surface area contributed by atoms with Crippen LogP contribution in [0.25, 0.3) is 0 Å². The molecule has 0 aliphatic heterocycles. The molecule has 0 fully saturated rings. The number of rotatable bonds is 2. The van der Waals surface area contributed by atoms with Crippen LogP contribution in [0.15, 0.2) is 35.5 Å². The largest absolute Gasteiger partial charge is 0.289 e. The van der Waals surface area contributed by atoms with Gasteiger partial charge in [0.05, 0.1) is 0 Å². The maximum atomic E-state index is 12.5. The Hall–Kier alpha value is -1.11. The summed E-state index contributed by atoms with van der Waals surface area (Å²) in [6, 6.07) is 0. The molecule has 98 valence electrons. The minimum atomic E-state index is 0.113. The number of Topliss-reactive ketones (excluding diaryl/α,β-unsaturated/α-hetero) is 1. The average Bonchev–Trinajstić information content (AvgIpc) is 2.32. The van der Waals surface area contributed by atoms with Gasteiger partial charge in [0.2, 0.25) is 0 Å². The molecule has 1 nitrogen and oxygen atoms in total. The number of allylic oxidation sites excluding steroid dienone is 6. The molecule has 0 amide bonds. The molecular formula is C17H24O. The van der Waals surface area contributed by atoms with E-state index >= 15 is 0 Å². The summed E-state index contributed by atoms with van der Waals surface area (Å²) >= 11 is 0. The van der Waals surface area contributed by atoms with E-state index in [2.05, 4.69) is 52.0 Å². The van der Waals surface area contributed by atoms with Gasteiger partial charge < -0.3 is 0 Å². The topological polar surface area (TPSA) is 17.1 Å². The summed E-state index contributed by atoms with van der Waals surface area (Å²) in [4.78, 5) is 12.5. The van der Waals surface area contributed by atoms with Crippen LogP contribution >= 0.6 is 0 Å². The highest BCUT2D eigenvalue weighted by molar-refractivity contribution is 6.09. The van der Waals surface area contributed by atoms with Gasteiger partial charge in [-0.25, -0.2) is 0 Å². The van der Waals surface area contributed by atoms with Crippen LogP contribution < -0.4 is 0 Å². The Kier molecular flexibility index (Phi) is 3.61. The summed E-state index contributed by atoms with van der Waals surface area (Å²) in [7, 11) is 0. The third-order valence-electron chi connectivity index (χ3n) is 4.10. The molecule has 2 aliphatic carbocycles. The van der Waals surface area contributed by atoms with Crippen LogP contribution in [0.1, 0.15) is 47.0 Å². The number of hydrogen-bond donors (Lipinski definition) is 0. The Labute approximate surface area is 111 Å². The molecule has 0 atom stereocenters. The summed E-state index contributed by atoms with van der Waals surface area (Å²) in [5.41, 5.74) is 2.16. The number of carbonyl (C=O) groups is 1. The summed E-state index contributed by atoms with van der Waals surface area (Å²) in [6.45, 7) is 8.50. The third-order valence-corrected chi connectivity index (χ3v) is 4.10. The van der Waals surface area contributed by atoms with Crippen molar-refractivity contribution in [3.8, 4) is 0 Å². The number of carbonyl (C=O) groups excluding carboxylic acids is 1. The molecular weight excluding hydrogens is 220 g/mol. The number of hydrogen-bond acceptors (Lipinski definition) is 1. The molecule has 2 aliphatic rings. The van der Waals surface area contributed by atoms with Crippen molar-refractivity contribution in [2.75, 3.05) is 0 Å². The van der Waals surface area contributed by atoms with Crippen LogP contribution in [0.3, 0.4) is 0 Å². The second-order valence-corrected chi connectivity index (χ2v) is 6.29. The van der Waals surface area contributed by atoms with E-state index in [1.165, 1.54) is 0 Å². The van der Waals surface area contributed by atoms with Gasteiger partial charge in [-0.1, -0.05) is 52.0 Å². The Morgan fingerprint density at radius 3 is 1.94 bits per heavy atom. The van der Waals surface area contributed by atoms with Crippen molar-refractivity contribution in [2.45, 2.75) is 47.0 Å². The Morgan fingerprint density at radius 2 is 1.56 bits per heavy atom. The summed E-state index contributed by atoms with van der Waals surface area (Å²) in [5, 5.41) is 0. The highest BCUT2D eigenvalue weighted by atomic mass is 16.1. The molecule has 2 rings (SSSR count). The van der Waals surface area contributed by atoms with E-state index in [1.807, 2.05) is 0 Å². The van der Waals surface area contributed by atoms with Crippen molar-refractivity contribution < 1.29 is 4.79 Å². The fraction of sp³-hybridized carbons (Fsp3) is 0.588. The van der Waals surface area contributed by atoms with E-state index in [-0.39, 0.29) is 11.2 Å². The van der Waals surface area contributed by atoms with Crippen molar-refractivity contribution in [1.29, 1.82) is 0 Å². The van der Waals surface area contributed by atoms with Gasteiger partial charge in [-0.15, -0.1) is 0 Å². The summed E-state index contributed by atoms with van der Waals surface area (Å²) in [6.07, 6.45) is 12.4. The quantitative estimate of drug-likeness (QED) is 0.655. The lowest BCUT2D eigenvalue weighted by Gasteiger charge is -2.35. The van der Waals surface area contributed by atoms with E-state index in [9.17, 15) is 4.79 Å². The normalized spacial score (nSPS) is 22.7. The molecule has 0 aromatic rings. The SMILES string of the molecule is CC(C)C1=CC2(C=C(C(C)C)C1=O)CC=CCC2. The van der Waals surface area contributed by atoms with Crippen molar-refractivity contribution in [3.63, 3.8) is 0 Å². The molecule has 0 heterocycles. The van der Waals surface area contributed by atoms with Gasteiger partial charge >= 0.3 is 0 Å². The predicted molar refractivity (Wildman–Crippen MR) is 76.3 cm³/mol. The molecule has 1 spiro atoms. The highest BCUT2D eigenvalue weighted by Crippen LogP contribution is 2.43. The van der Waals surface area contributed by atoms with Gasteiger partial charge in [0.25, 0.3) is 0 Å². The zero-order valence-electron chi connectivity index (χ0n) is 12.0. The second kappa shape index (κ2) is 4.87. The van der Waals surface area contributed by atoms with Crippen molar-refractivity contribution in [1.82, 2.24) is 0 Å². The molecule has 0 saturated heterocycles. The van der Waals surface area contributed by atoms with Crippen LogP contribution in [0.2, 0.25) is 0 Å². The third kappa shape index (κ3) is 2.36. The molecule has 0 aromatic carbocycles. The smallest absolute Gasteiger partial charge is 0.184 e. The Bertz CT molecular complexity index is 405. The van der Waals surface area contributed by atoms with Gasteiger partial charge in [-0.05, 0) is 42.2 Å². The van der Waals surface area contributed by atoms with Crippen LogP contribution in [0.5, 0.6) is 0 Å². The predicted octanol–water partition coefficient (Wildman–Crippen LogP) is 4.46. The lowest BCUT2D eigenvalue weighted by molar-refractivity contribution is -0.113. The Balaban J connectivity index is 2.46. The van der Waals surface area contributed by atoms with E-state index in [0.717, 1.165) is 30.4 Å². The molecule has 0 saturated carbocycles. The first-order valence-corrected chi connectivity index (χ1v) is 7.10. The fourth-order valence-electron chi connectivity index (χ4n) is 2.95. The molecule has 0 N–H and O–H groups in total. The number of ketones is 1. The standard InChI is InChI=1S/C17H24O/c1-12(2)14-10-17(8-6-5-7-9-17)11-15(13(3)4)16(14)18/h5-6,10-13H,7-9H2,1-4H3. The molecule has 1 heteroatoms. The first-order chi connectivity index (χ1) is 8.45. The monoisotopic (exact) mass is 244 g/mol. The van der Waals surface area contributed by atoms with Gasteiger partial charge in [0, 0.05) is 5.41 Å². The molecule has 0 radical (unpaired) electrons. The molecule has 0 aromatic heterocycles. The lowest BCUT2D eigenvalue weighted by Crippen LogP contribution is -2.28. The maximum absolute atomic E-state index is 12.5. The Morgan fingerprint density at radius 1 is 1.00 bits per heavy atom. The van der Waals surface area contributed by atoms with Gasteiger partial charge in [-0.2, -0.15) is 0 Å². The molecule has 0 bridgehead atoms. The van der Waals surface area contributed by atoms with Crippen molar-refractivity contribution in [2.24, 2.45) is 17.3 Å². The minimum Gasteiger partial charge on any atom is -0.289 e. The van der Waals surface area contributed by atoms with Gasteiger partial charge in [0.15, 0.2) is 5.78 Å². The fourth-order valence-corrected chi connectivity index (χ4v) is 2.95. The minimum absolute atomic E-state index is 0.113. The van der Waals surface area contributed by atoms with E-state index in [1.54, 1.807) is 0 Å². The highest BCUT2D eigenvalue weighted by Gasteiger charge is 2.35. The summed E-state index contributed by atoms with van der Waals surface area (Å²) in [5.74, 6) is 0.922. The van der Waals surface area contributed by atoms with Crippen molar-refractivity contribution in [3.05, 3.63) is 35.5 Å². The lowest BCUT2D eigenvalue weighted by atomic mass is 9.68. The van der Waals surface area contributed by atoms with Gasteiger partial charge in [-0.3, -0.25) is 4.79 Å². The zero-order valence-corrected chi connectivity index (χ0v) is 12.0. The van der Waals surface area contributed by atoms with Gasteiger partial charge in [0.1, 0.15) is 0 Å². The average molecular weight is 244 g/mol. The van der Waals surface area contributed by atoms with Crippen LogP contribution in [-0.4, -0.2) is 5.78 Å². The second-order valence-electron chi connectivity index (χ2n) is 6.29.